The lowest BCUT2D eigenvalue weighted by Crippen LogP contribution is -2.15. The van der Waals surface area contributed by atoms with Gasteiger partial charge >= 0.3 is 5.97 Å². The van der Waals surface area contributed by atoms with Crippen LogP contribution in [0, 0.1) is 17.2 Å². The number of carbonyl (C=O) groups is 1. The van der Waals surface area contributed by atoms with Crippen molar-refractivity contribution in [2.45, 2.75) is 39.5 Å². The highest BCUT2D eigenvalue weighted by Gasteiger charge is 2.23. The minimum absolute atomic E-state index is 0.240. The summed E-state index contributed by atoms with van der Waals surface area (Å²) in [6, 6.07) is 1.99. The average Bonchev–Trinajstić information content (AvgIpc) is 2.22. The molecule has 1 saturated carbocycles. The molecule has 0 aromatic carbocycles. The highest BCUT2D eigenvalue weighted by atomic mass is 16.5. The molecule has 3 heteroatoms. The SMILES string of the molecule is CCOC(=O)/C(C#N)=C1\CCCC[C@H]1C. The van der Waals surface area contributed by atoms with Crippen LogP contribution >= 0.6 is 0 Å². The van der Waals surface area contributed by atoms with Gasteiger partial charge in [-0.05, 0) is 37.7 Å². The van der Waals surface area contributed by atoms with Gasteiger partial charge in [-0.15, -0.1) is 0 Å². The van der Waals surface area contributed by atoms with Crippen LogP contribution in [-0.4, -0.2) is 12.6 Å². The largest absolute Gasteiger partial charge is 0.462 e. The molecule has 1 aliphatic rings. The molecule has 15 heavy (non-hydrogen) atoms. The molecule has 1 aliphatic carbocycles. The standard InChI is InChI=1S/C12H17NO2/c1-3-15-12(14)11(8-13)10-7-5-4-6-9(10)2/h9H,3-7H2,1-2H3/b11-10+/t9-/m1/s1. The van der Waals surface area contributed by atoms with E-state index in [0.29, 0.717) is 12.5 Å². The van der Waals surface area contributed by atoms with E-state index >= 15 is 0 Å². The zero-order valence-corrected chi connectivity index (χ0v) is 9.38. The summed E-state index contributed by atoms with van der Waals surface area (Å²) in [5, 5.41) is 8.98. The Morgan fingerprint density at radius 1 is 1.60 bits per heavy atom. The van der Waals surface area contributed by atoms with Gasteiger partial charge in [-0.25, -0.2) is 4.79 Å². The van der Waals surface area contributed by atoms with Crippen molar-refractivity contribution in [1.82, 2.24) is 0 Å². The van der Waals surface area contributed by atoms with Gasteiger partial charge in [-0.1, -0.05) is 13.3 Å². The van der Waals surface area contributed by atoms with Gasteiger partial charge in [-0.2, -0.15) is 5.26 Å². The van der Waals surface area contributed by atoms with Crippen molar-refractivity contribution in [3.05, 3.63) is 11.1 Å². The van der Waals surface area contributed by atoms with Crippen molar-refractivity contribution < 1.29 is 9.53 Å². The van der Waals surface area contributed by atoms with Crippen LogP contribution in [0.3, 0.4) is 0 Å². The Morgan fingerprint density at radius 3 is 2.87 bits per heavy atom. The number of esters is 1. The zero-order chi connectivity index (χ0) is 11.3. The third-order valence-electron chi connectivity index (χ3n) is 2.84. The van der Waals surface area contributed by atoms with E-state index in [1.54, 1.807) is 6.92 Å². The summed E-state index contributed by atoms with van der Waals surface area (Å²) < 4.78 is 4.88. The number of hydrogen-bond acceptors (Lipinski definition) is 3. The first-order valence-electron chi connectivity index (χ1n) is 5.51. The summed E-state index contributed by atoms with van der Waals surface area (Å²) >= 11 is 0. The van der Waals surface area contributed by atoms with Gasteiger partial charge in [0.05, 0.1) is 6.61 Å². The van der Waals surface area contributed by atoms with Crippen molar-refractivity contribution in [1.29, 1.82) is 5.26 Å². The topological polar surface area (TPSA) is 50.1 Å². The van der Waals surface area contributed by atoms with Crippen LogP contribution in [0.2, 0.25) is 0 Å². The van der Waals surface area contributed by atoms with E-state index in [9.17, 15) is 4.79 Å². The molecule has 0 bridgehead atoms. The summed E-state index contributed by atoms with van der Waals surface area (Å²) in [6.45, 7) is 4.15. The highest BCUT2D eigenvalue weighted by Crippen LogP contribution is 2.31. The second-order valence-electron chi connectivity index (χ2n) is 3.88. The Morgan fingerprint density at radius 2 is 2.33 bits per heavy atom. The molecule has 0 amide bonds. The molecule has 0 N–H and O–H groups in total. The minimum Gasteiger partial charge on any atom is -0.462 e. The highest BCUT2D eigenvalue weighted by molar-refractivity contribution is 5.93. The van der Waals surface area contributed by atoms with E-state index in [-0.39, 0.29) is 5.57 Å². The third kappa shape index (κ3) is 2.82. The van der Waals surface area contributed by atoms with Gasteiger partial charge in [0.1, 0.15) is 11.6 Å². The summed E-state index contributed by atoms with van der Waals surface area (Å²) in [6.07, 6.45) is 4.19. The smallest absolute Gasteiger partial charge is 0.348 e. The predicted molar refractivity (Wildman–Crippen MR) is 56.9 cm³/mol. The quantitative estimate of drug-likeness (QED) is 0.397. The summed E-state index contributed by atoms with van der Waals surface area (Å²) in [5.41, 5.74) is 1.23. The lowest BCUT2D eigenvalue weighted by molar-refractivity contribution is -0.138. The Hall–Kier alpha value is -1.30. The number of allylic oxidation sites excluding steroid dienone is 1. The number of rotatable bonds is 2. The molecule has 0 aromatic heterocycles. The maximum absolute atomic E-state index is 11.5. The fourth-order valence-corrected chi connectivity index (χ4v) is 2.01. The molecule has 0 heterocycles. The first-order chi connectivity index (χ1) is 7.20. The molecule has 1 atom stereocenters. The van der Waals surface area contributed by atoms with E-state index in [4.69, 9.17) is 10.00 Å². The Kier molecular flexibility index (Phi) is 4.36. The molecular formula is C12H17NO2. The van der Waals surface area contributed by atoms with Crippen LogP contribution in [0.5, 0.6) is 0 Å². The monoisotopic (exact) mass is 207 g/mol. The summed E-state index contributed by atoms with van der Waals surface area (Å²) in [5.74, 6) is -0.110. The van der Waals surface area contributed by atoms with Crippen LogP contribution in [0.25, 0.3) is 0 Å². The summed E-state index contributed by atoms with van der Waals surface area (Å²) in [7, 11) is 0. The molecule has 0 unspecified atom stereocenters. The lowest BCUT2D eigenvalue weighted by Gasteiger charge is -2.22. The van der Waals surface area contributed by atoms with Gasteiger partial charge in [0.2, 0.25) is 0 Å². The normalized spacial score (nSPS) is 24.2. The van der Waals surface area contributed by atoms with Crippen molar-refractivity contribution in [2.75, 3.05) is 6.61 Å². The van der Waals surface area contributed by atoms with Gasteiger partial charge in [0, 0.05) is 0 Å². The lowest BCUT2D eigenvalue weighted by atomic mass is 9.83. The van der Waals surface area contributed by atoms with Crippen molar-refractivity contribution in [2.24, 2.45) is 5.92 Å². The van der Waals surface area contributed by atoms with Gasteiger partial charge < -0.3 is 4.74 Å². The molecule has 82 valence electrons. The molecule has 0 radical (unpaired) electrons. The van der Waals surface area contributed by atoms with Crippen LogP contribution in [0.15, 0.2) is 11.1 Å². The first-order valence-corrected chi connectivity index (χ1v) is 5.51. The predicted octanol–water partition coefficient (Wildman–Crippen LogP) is 2.58. The number of nitriles is 1. The van der Waals surface area contributed by atoms with Gasteiger partial charge in [-0.3, -0.25) is 0 Å². The fourth-order valence-electron chi connectivity index (χ4n) is 2.01. The Labute approximate surface area is 90.7 Å². The molecule has 0 aromatic rings. The third-order valence-corrected chi connectivity index (χ3v) is 2.84. The van der Waals surface area contributed by atoms with Gasteiger partial charge in [0.25, 0.3) is 0 Å². The maximum Gasteiger partial charge on any atom is 0.348 e. The Bertz CT molecular complexity index is 312. The average molecular weight is 207 g/mol. The number of hydrogen-bond donors (Lipinski definition) is 0. The molecule has 1 rings (SSSR count). The van der Waals surface area contributed by atoms with Crippen molar-refractivity contribution in [3.8, 4) is 6.07 Å². The second kappa shape index (κ2) is 5.55. The van der Waals surface area contributed by atoms with E-state index in [1.165, 1.54) is 6.42 Å². The van der Waals surface area contributed by atoms with Gasteiger partial charge in [0.15, 0.2) is 0 Å². The number of nitrogens with zero attached hydrogens (tertiary/aromatic N) is 1. The minimum atomic E-state index is -0.455. The molecular weight excluding hydrogens is 190 g/mol. The fraction of sp³-hybridized carbons (Fsp3) is 0.667. The van der Waals surface area contributed by atoms with Crippen LogP contribution in [0.4, 0.5) is 0 Å². The molecule has 0 spiro atoms. The molecule has 0 aliphatic heterocycles. The first kappa shape index (κ1) is 11.8. The van der Waals surface area contributed by atoms with Crippen LogP contribution < -0.4 is 0 Å². The van der Waals surface area contributed by atoms with Crippen LogP contribution in [-0.2, 0) is 9.53 Å². The summed E-state index contributed by atoms with van der Waals surface area (Å²) in [4.78, 5) is 11.5. The van der Waals surface area contributed by atoms with E-state index in [1.807, 2.05) is 6.07 Å². The molecule has 3 nitrogen and oxygen atoms in total. The second-order valence-corrected chi connectivity index (χ2v) is 3.88. The zero-order valence-electron chi connectivity index (χ0n) is 9.38. The maximum atomic E-state index is 11.5. The Balaban J connectivity index is 2.91. The van der Waals surface area contributed by atoms with E-state index in [2.05, 4.69) is 6.92 Å². The number of carbonyl (C=O) groups excluding carboxylic acids is 1. The van der Waals surface area contributed by atoms with Crippen molar-refractivity contribution >= 4 is 5.97 Å². The van der Waals surface area contributed by atoms with Crippen molar-refractivity contribution in [3.63, 3.8) is 0 Å². The number of ether oxygens (including phenoxy) is 1. The van der Waals surface area contributed by atoms with E-state index < -0.39 is 5.97 Å². The van der Waals surface area contributed by atoms with E-state index in [0.717, 1.165) is 24.8 Å². The van der Waals surface area contributed by atoms with Crippen LogP contribution in [0.1, 0.15) is 39.5 Å². The molecule has 0 saturated heterocycles. The molecule has 1 fully saturated rings.